The van der Waals surface area contributed by atoms with Crippen LogP contribution >= 0.6 is 12.4 Å². The minimum absolute atomic E-state index is 0. The van der Waals surface area contributed by atoms with Crippen molar-refractivity contribution in [2.75, 3.05) is 10.2 Å². The predicted molar refractivity (Wildman–Crippen MR) is 122 cm³/mol. The zero-order valence-corrected chi connectivity index (χ0v) is 18.0. The molecule has 0 bridgehead atoms. The van der Waals surface area contributed by atoms with Crippen LogP contribution < -0.4 is 10.2 Å². The second-order valence-corrected chi connectivity index (χ2v) is 7.51. The van der Waals surface area contributed by atoms with Gasteiger partial charge < -0.3 is 15.2 Å². The first-order valence-corrected chi connectivity index (χ1v) is 9.72. The molecule has 1 aliphatic heterocycles. The molecule has 168 valence electrons. The molecule has 0 spiro atoms. The molecule has 0 fully saturated rings. The molecule has 4 aromatic rings. The first kappa shape index (κ1) is 22.3. The highest BCUT2D eigenvalue weighted by atomic mass is 35.5. The minimum Gasteiger partial charge on any atom is -0.465 e. The van der Waals surface area contributed by atoms with Crippen molar-refractivity contribution in [3.05, 3.63) is 88.7 Å². The number of carboxylic acid groups (broad SMARTS) is 1. The molecule has 3 aromatic carbocycles. The number of aromatic nitrogens is 2. The standard InChI is InChI=1S/C23H17FN4O4.ClH/c1-12-5-4-8-18(19(12)24)28-20(29)14-6-2-3-7-15(14)23(28,32)13-9-10-16-17(11-13)26-21(25-16)27-22(30)31;/h2-11,32H,1H3,(H,30,31)(H2,25,26,27);1H. The summed E-state index contributed by atoms with van der Waals surface area (Å²) in [5.41, 5.74) is 0.0289. The van der Waals surface area contributed by atoms with E-state index < -0.39 is 23.5 Å². The Morgan fingerprint density at radius 1 is 1.15 bits per heavy atom. The van der Waals surface area contributed by atoms with E-state index in [9.17, 15) is 14.7 Å². The van der Waals surface area contributed by atoms with Crippen LogP contribution in [0, 0.1) is 12.7 Å². The summed E-state index contributed by atoms with van der Waals surface area (Å²) in [4.78, 5) is 32.3. The highest BCUT2D eigenvalue weighted by Gasteiger charge is 2.51. The van der Waals surface area contributed by atoms with E-state index >= 15 is 4.39 Å². The van der Waals surface area contributed by atoms with Gasteiger partial charge in [0.25, 0.3) is 5.91 Å². The van der Waals surface area contributed by atoms with Gasteiger partial charge in [0.2, 0.25) is 5.95 Å². The number of amides is 2. The number of aryl methyl sites for hydroxylation is 1. The van der Waals surface area contributed by atoms with Crippen LogP contribution in [-0.4, -0.2) is 32.2 Å². The number of anilines is 2. The van der Waals surface area contributed by atoms with E-state index in [4.69, 9.17) is 5.11 Å². The van der Waals surface area contributed by atoms with E-state index in [1.54, 1.807) is 61.5 Å². The molecule has 4 N–H and O–H groups in total. The van der Waals surface area contributed by atoms with E-state index in [-0.39, 0.29) is 35.2 Å². The smallest absolute Gasteiger partial charge is 0.411 e. The number of fused-ring (bicyclic) bond motifs is 2. The summed E-state index contributed by atoms with van der Waals surface area (Å²) in [5, 5.41) is 23.1. The van der Waals surface area contributed by atoms with Crippen LogP contribution in [0.1, 0.15) is 27.0 Å². The van der Waals surface area contributed by atoms with Crippen molar-refractivity contribution in [3.8, 4) is 0 Å². The molecule has 0 saturated heterocycles. The van der Waals surface area contributed by atoms with Gasteiger partial charge in [-0.25, -0.2) is 14.2 Å². The van der Waals surface area contributed by atoms with E-state index in [1.807, 2.05) is 0 Å². The van der Waals surface area contributed by atoms with E-state index in [2.05, 4.69) is 15.3 Å². The Balaban J connectivity index is 0.00000259. The van der Waals surface area contributed by atoms with Crippen LogP contribution in [0.4, 0.5) is 20.8 Å². The number of nitrogens with one attached hydrogen (secondary N) is 2. The zero-order valence-electron chi connectivity index (χ0n) is 17.2. The van der Waals surface area contributed by atoms with Crippen LogP contribution in [0.15, 0.2) is 60.7 Å². The molecule has 10 heteroatoms. The highest BCUT2D eigenvalue weighted by Crippen LogP contribution is 2.46. The average Bonchev–Trinajstić information content (AvgIpc) is 3.26. The van der Waals surface area contributed by atoms with Gasteiger partial charge in [0, 0.05) is 16.7 Å². The van der Waals surface area contributed by atoms with Crippen LogP contribution in [0.5, 0.6) is 0 Å². The molecule has 0 saturated carbocycles. The van der Waals surface area contributed by atoms with Gasteiger partial charge in [-0.05, 0) is 36.8 Å². The van der Waals surface area contributed by atoms with E-state index in [0.29, 0.717) is 22.2 Å². The van der Waals surface area contributed by atoms with Gasteiger partial charge in [-0.2, -0.15) is 0 Å². The quantitative estimate of drug-likeness (QED) is 0.356. The number of carbonyl (C=O) groups excluding carboxylic acids is 1. The second-order valence-electron chi connectivity index (χ2n) is 7.51. The lowest BCUT2D eigenvalue weighted by atomic mass is 9.93. The van der Waals surface area contributed by atoms with Crippen molar-refractivity contribution in [1.82, 2.24) is 9.97 Å². The van der Waals surface area contributed by atoms with Gasteiger partial charge in [-0.1, -0.05) is 36.4 Å². The number of hydrogen-bond acceptors (Lipinski definition) is 4. The molecular weight excluding hydrogens is 451 g/mol. The Hall–Kier alpha value is -3.95. The third kappa shape index (κ3) is 3.29. The highest BCUT2D eigenvalue weighted by molar-refractivity contribution is 6.12. The number of halogens is 2. The summed E-state index contributed by atoms with van der Waals surface area (Å²) < 4.78 is 15.1. The third-order valence-corrected chi connectivity index (χ3v) is 5.58. The molecule has 1 unspecified atom stereocenters. The van der Waals surface area contributed by atoms with Gasteiger partial charge in [0.1, 0.15) is 5.82 Å². The lowest BCUT2D eigenvalue weighted by Gasteiger charge is -2.35. The molecule has 0 aliphatic carbocycles. The molecular formula is C23H18ClFN4O4. The zero-order chi connectivity index (χ0) is 22.6. The van der Waals surface area contributed by atoms with Crippen molar-refractivity contribution < 1.29 is 24.2 Å². The molecule has 0 radical (unpaired) electrons. The van der Waals surface area contributed by atoms with Gasteiger partial charge in [0.05, 0.1) is 16.7 Å². The number of imidazole rings is 1. The number of carbonyl (C=O) groups is 2. The Kier molecular flexibility index (Phi) is 5.31. The number of rotatable bonds is 3. The number of aliphatic hydroxyl groups is 1. The lowest BCUT2D eigenvalue weighted by Crippen LogP contribution is -2.45. The summed E-state index contributed by atoms with van der Waals surface area (Å²) >= 11 is 0. The summed E-state index contributed by atoms with van der Waals surface area (Å²) in [6, 6.07) is 15.9. The molecule has 8 nitrogen and oxygen atoms in total. The Morgan fingerprint density at radius 2 is 1.91 bits per heavy atom. The van der Waals surface area contributed by atoms with Gasteiger partial charge >= 0.3 is 6.09 Å². The second kappa shape index (κ2) is 7.88. The fourth-order valence-electron chi connectivity index (χ4n) is 4.12. The normalized spacial score (nSPS) is 17.1. The molecule has 1 aromatic heterocycles. The number of H-pyrrole nitrogens is 1. The van der Waals surface area contributed by atoms with Gasteiger partial charge in [-0.3, -0.25) is 15.0 Å². The largest absolute Gasteiger partial charge is 0.465 e. The molecule has 33 heavy (non-hydrogen) atoms. The number of nitrogens with zero attached hydrogens (tertiary/aromatic N) is 2. The summed E-state index contributed by atoms with van der Waals surface area (Å²) in [6.45, 7) is 1.58. The molecule has 1 aliphatic rings. The van der Waals surface area contributed by atoms with E-state index in [1.165, 1.54) is 6.07 Å². The third-order valence-electron chi connectivity index (χ3n) is 5.58. The first-order valence-electron chi connectivity index (χ1n) is 9.72. The van der Waals surface area contributed by atoms with Gasteiger partial charge in [0.15, 0.2) is 5.72 Å². The maximum Gasteiger partial charge on any atom is 0.411 e. The molecule has 2 heterocycles. The van der Waals surface area contributed by atoms with E-state index in [0.717, 1.165) is 4.90 Å². The van der Waals surface area contributed by atoms with Crippen molar-refractivity contribution in [2.45, 2.75) is 12.6 Å². The Morgan fingerprint density at radius 3 is 2.67 bits per heavy atom. The van der Waals surface area contributed by atoms with Crippen LogP contribution in [-0.2, 0) is 5.72 Å². The minimum atomic E-state index is -2.00. The predicted octanol–water partition coefficient (Wildman–Crippen LogP) is 4.38. The van der Waals surface area contributed by atoms with Crippen LogP contribution in [0.2, 0.25) is 0 Å². The van der Waals surface area contributed by atoms with Crippen molar-refractivity contribution in [2.24, 2.45) is 0 Å². The molecule has 1 atom stereocenters. The van der Waals surface area contributed by atoms with Crippen LogP contribution in [0.25, 0.3) is 11.0 Å². The monoisotopic (exact) mass is 468 g/mol. The maximum atomic E-state index is 15.1. The van der Waals surface area contributed by atoms with Crippen molar-refractivity contribution in [1.29, 1.82) is 0 Å². The van der Waals surface area contributed by atoms with Crippen molar-refractivity contribution in [3.63, 3.8) is 0 Å². The number of aromatic amines is 1. The summed E-state index contributed by atoms with van der Waals surface area (Å²) in [5.74, 6) is -1.13. The summed E-state index contributed by atoms with van der Waals surface area (Å²) in [6.07, 6.45) is -1.28. The molecule has 5 rings (SSSR count). The van der Waals surface area contributed by atoms with Gasteiger partial charge in [-0.15, -0.1) is 12.4 Å². The average molecular weight is 469 g/mol. The maximum absolute atomic E-state index is 15.1. The fraction of sp³-hybridized carbons (Fsp3) is 0.0870. The summed E-state index contributed by atoms with van der Waals surface area (Å²) in [7, 11) is 0. The topological polar surface area (TPSA) is 119 Å². The number of hydrogen-bond donors (Lipinski definition) is 4. The fourth-order valence-corrected chi connectivity index (χ4v) is 4.12. The Labute approximate surface area is 193 Å². The van der Waals surface area contributed by atoms with Crippen LogP contribution in [0.3, 0.4) is 0 Å². The Bertz CT molecular complexity index is 1420. The lowest BCUT2D eigenvalue weighted by molar-refractivity contribution is 0.0699. The molecule has 2 amide bonds. The SMILES string of the molecule is Cc1cccc(N2C(=O)c3ccccc3C2(O)c2ccc3nc(NC(=O)O)[nH]c3c2)c1F.Cl. The number of benzene rings is 3. The van der Waals surface area contributed by atoms with Crippen molar-refractivity contribution >= 4 is 47.1 Å². The first-order chi connectivity index (χ1) is 15.3.